The second-order valence-electron chi connectivity index (χ2n) is 4.60. The number of hydrogen-bond donors (Lipinski definition) is 1. The molecule has 0 fully saturated rings. The lowest BCUT2D eigenvalue weighted by atomic mass is 10.1. The van der Waals surface area contributed by atoms with Crippen LogP contribution in [0.4, 0.5) is 0 Å². The molecule has 0 aliphatic heterocycles. The Bertz CT molecular complexity index is 612. The van der Waals surface area contributed by atoms with Crippen LogP contribution in [-0.2, 0) is 11.3 Å². The van der Waals surface area contributed by atoms with Crippen LogP contribution in [0.15, 0.2) is 55.1 Å². The number of rotatable bonds is 6. The third-order valence-electron chi connectivity index (χ3n) is 3.06. The average molecular weight is 321 g/mol. The summed E-state index contributed by atoms with van der Waals surface area (Å²) < 4.78 is 0.711. The van der Waals surface area contributed by atoms with Gasteiger partial charge in [0, 0.05) is 11.4 Å². The first-order valence-electron chi connectivity index (χ1n) is 6.56. The molecule has 0 saturated heterocycles. The van der Waals surface area contributed by atoms with Gasteiger partial charge in [-0.1, -0.05) is 48.0 Å². The molecule has 0 bridgehead atoms. The fourth-order valence-corrected chi connectivity index (χ4v) is 3.12. The number of halogens is 1. The largest absolute Gasteiger partial charge is 0.332 e. The summed E-state index contributed by atoms with van der Waals surface area (Å²) in [5, 5.41) is 0. The molecule has 5 heteroatoms. The van der Waals surface area contributed by atoms with E-state index in [1.54, 1.807) is 11.0 Å². The minimum Gasteiger partial charge on any atom is -0.332 e. The summed E-state index contributed by atoms with van der Waals surface area (Å²) in [4.78, 5) is 15.3. The first-order valence-corrected chi connectivity index (χ1v) is 7.75. The zero-order valence-corrected chi connectivity index (χ0v) is 13.1. The number of thiophene rings is 1. The van der Waals surface area contributed by atoms with Gasteiger partial charge in [-0.2, -0.15) is 0 Å². The molecule has 0 radical (unpaired) electrons. The Labute approximate surface area is 133 Å². The van der Waals surface area contributed by atoms with Gasteiger partial charge in [-0.05, 0) is 17.7 Å². The molecule has 0 aliphatic rings. The highest BCUT2D eigenvalue weighted by Gasteiger charge is 2.22. The van der Waals surface area contributed by atoms with Crippen LogP contribution < -0.4 is 5.73 Å². The Balaban J connectivity index is 2.13. The van der Waals surface area contributed by atoms with Gasteiger partial charge in [0.15, 0.2) is 0 Å². The number of hydrogen-bond acceptors (Lipinski definition) is 3. The van der Waals surface area contributed by atoms with Crippen molar-refractivity contribution in [3.8, 4) is 0 Å². The Morgan fingerprint density at radius 1 is 1.33 bits per heavy atom. The van der Waals surface area contributed by atoms with Crippen molar-refractivity contribution in [2.75, 3.05) is 6.54 Å². The first kappa shape index (κ1) is 15.8. The van der Waals surface area contributed by atoms with Gasteiger partial charge in [-0.3, -0.25) is 4.79 Å². The smallest absolute Gasteiger partial charge is 0.244 e. The van der Waals surface area contributed by atoms with E-state index in [9.17, 15) is 4.79 Å². The van der Waals surface area contributed by atoms with Gasteiger partial charge in [0.05, 0.1) is 10.9 Å². The van der Waals surface area contributed by atoms with Gasteiger partial charge in [0.2, 0.25) is 5.91 Å². The predicted molar refractivity (Wildman–Crippen MR) is 88.3 cm³/mol. The maximum absolute atomic E-state index is 12.6. The first-order chi connectivity index (χ1) is 10.1. The van der Waals surface area contributed by atoms with E-state index in [2.05, 4.69) is 6.58 Å². The maximum atomic E-state index is 12.6. The highest BCUT2D eigenvalue weighted by Crippen LogP contribution is 2.23. The van der Waals surface area contributed by atoms with Gasteiger partial charge in [0.25, 0.3) is 0 Å². The van der Waals surface area contributed by atoms with Crippen molar-refractivity contribution in [1.82, 2.24) is 4.90 Å². The van der Waals surface area contributed by atoms with Crippen LogP contribution in [0.3, 0.4) is 0 Å². The SMILES string of the molecule is C=CCN(Cc1ccc(Cl)s1)C(=O)[C@H](N)c1ccccc1. The van der Waals surface area contributed by atoms with E-state index in [1.807, 2.05) is 42.5 Å². The van der Waals surface area contributed by atoms with Gasteiger partial charge in [-0.25, -0.2) is 0 Å². The van der Waals surface area contributed by atoms with Gasteiger partial charge in [0.1, 0.15) is 6.04 Å². The summed E-state index contributed by atoms with van der Waals surface area (Å²) in [7, 11) is 0. The summed E-state index contributed by atoms with van der Waals surface area (Å²) in [6.45, 7) is 4.65. The Morgan fingerprint density at radius 2 is 2.05 bits per heavy atom. The molecule has 2 aromatic rings. The number of nitrogens with zero attached hydrogens (tertiary/aromatic N) is 1. The molecular formula is C16H17ClN2OS. The van der Waals surface area contributed by atoms with Gasteiger partial charge >= 0.3 is 0 Å². The molecule has 2 rings (SSSR count). The molecule has 3 nitrogen and oxygen atoms in total. The van der Waals surface area contributed by atoms with E-state index in [-0.39, 0.29) is 5.91 Å². The summed E-state index contributed by atoms with van der Waals surface area (Å²) >= 11 is 7.39. The van der Waals surface area contributed by atoms with Crippen LogP contribution in [0, 0.1) is 0 Å². The molecule has 0 saturated carbocycles. The molecule has 0 spiro atoms. The molecule has 0 unspecified atom stereocenters. The second kappa shape index (κ2) is 7.41. The van der Waals surface area contributed by atoms with E-state index in [4.69, 9.17) is 17.3 Å². The highest BCUT2D eigenvalue weighted by molar-refractivity contribution is 7.16. The zero-order valence-electron chi connectivity index (χ0n) is 11.5. The Morgan fingerprint density at radius 3 is 2.62 bits per heavy atom. The van der Waals surface area contributed by atoms with Crippen molar-refractivity contribution in [3.63, 3.8) is 0 Å². The van der Waals surface area contributed by atoms with Crippen molar-refractivity contribution in [2.45, 2.75) is 12.6 Å². The minimum absolute atomic E-state index is 0.120. The lowest BCUT2D eigenvalue weighted by Gasteiger charge is -2.24. The fraction of sp³-hybridized carbons (Fsp3) is 0.188. The molecule has 1 aromatic heterocycles. The lowest BCUT2D eigenvalue weighted by Crippen LogP contribution is -2.38. The number of carbonyl (C=O) groups excluding carboxylic acids is 1. The summed E-state index contributed by atoms with van der Waals surface area (Å²) in [5.41, 5.74) is 6.89. The second-order valence-corrected chi connectivity index (χ2v) is 6.40. The maximum Gasteiger partial charge on any atom is 0.244 e. The van der Waals surface area contributed by atoms with Crippen LogP contribution in [-0.4, -0.2) is 17.4 Å². The topological polar surface area (TPSA) is 46.3 Å². The Hall–Kier alpha value is -1.62. The van der Waals surface area contributed by atoms with E-state index in [0.717, 1.165) is 10.4 Å². The van der Waals surface area contributed by atoms with E-state index >= 15 is 0 Å². The molecule has 0 aliphatic carbocycles. The summed E-state index contributed by atoms with van der Waals surface area (Å²) in [5.74, 6) is -0.120. The summed E-state index contributed by atoms with van der Waals surface area (Å²) in [6.07, 6.45) is 1.70. The standard InChI is InChI=1S/C16H17ClN2OS/c1-2-10-19(11-13-8-9-14(17)21-13)16(20)15(18)12-6-4-3-5-7-12/h2-9,15H,1,10-11,18H2/t15-/m1/s1. The van der Waals surface area contributed by atoms with Gasteiger partial charge < -0.3 is 10.6 Å². The van der Waals surface area contributed by atoms with Crippen LogP contribution in [0.1, 0.15) is 16.5 Å². The van der Waals surface area contributed by atoms with E-state index < -0.39 is 6.04 Å². The molecule has 1 aromatic carbocycles. The average Bonchev–Trinajstić information content (AvgIpc) is 2.91. The molecule has 110 valence electrons. The molecular weight excluding hydrogens is 304 g/mol. The highest BCUT2D eigenvalue weighted by atomic mass is 35.5. The minimum atomic E-state index is -0.665. The van der Waals surface area contributed by atoms with Crippen molar-refractivity contribution in [3.05, 3.63) is 69.9 Å². The quantitative estimate of drug-likeness (QED) is 0.826. The van der Waals surface area contributed by atoms with Crippen molar-refractivity contribution in [2.24, 2.45) is 5.73 Å². The monoisotopic (exact) mass is 320 g/mol. The molecule has 1 atom stereocenters. The van der Waals surface area contributed by atoms with Crippen molar-refractivity contribution >= 4 is 28.8 Å². The predicted octanol–water partition coefficient (Wildman–Crippen LogP) is 3.62. The van der Waals surface area contributed by atoms with E-state index in [0.29, 0.717) is 17.4 Å². The van der Waals surface area contributed by atoms with E-state index in [1.165, 1.54) is 11.3 Å². The Kier molecular flexibility index (Phi) is 5.56. The number of carbonyl (C=O) groups is 1. The third-order valence-corrected chi connectivity index (χ3v) is 4.28. The molecule has 1 amide bonds. The van der Waals surface area contributed by atoms with Crippen molar-refractivity contribution in [1.29, 1.82) is 0 Å². The number of amides is 1. The molecule has 2 N–H and O–H groups in total. The van der Waals surface area contributed by atoms with Crippen LogP contribution in [0.25, 0.3) is 0 Å². The normalized spacial score (nSPS) is 11.9. The van der Waals surface area contributed by atoms with Gasteiger partial charge in [-0.15, -0.1) is 17.9 Å². The molecule has 21 heavy (non-hydrogen) atoms. The van der Waals surface area contributed by atoms with Crippen molar-refractivity contribution < 1.29 is 4.79 Å². The van der Waals surface area contributed by atoms with Crippen LogP contribution in [0.5, 0.6) is 0 Å². The van der Waals surface area contributed by atoms with Crippen LogP contribution in [0.2, 0.25) is 4.34 Å². The summed E-state index contributed by atoms with van der Waals surface area (Å²) in [6, 6.07) is 12.4. The number of nitrogens with two attached hydrogens (primary N) is 1. The lowest BCUT2D eigenvalue weighted by molar-refractivity contribution is -0.132. The third kappa shape index (κ3) is 4.17. The molecule has 1 heterocycles. The zero-order chi connectivity index (χ0) is 15.2. The fourth-order valence-electron chi connectivity index (χ4n) is 2.01. The van der Waals surface area contributed by atoms with Crippen LogP contribution >= 0.6 is 22.9 Å². The number of benzene rings is 1.